The first-order chi connectivity index (χ1) is 10.3. The van der Waals surface area contributed by atoms with E-state index < -0.39 is 0 Å². The van der Waals surface area contributed by atoms with E-state index in [0.717, 1.165) is 41.3 Å². The lowest BCUT2D eigenvalue weighted by Gasteiger charge is -2.11. The number of carbonyl (C=O) groups excluding carboxylic acids is 1. The molecule has 0 spiro atoms. The fourth-order valence-electron chi connectivity index (χ4n) is 3.03. The van der Waals surface area contributed by atoms with E-state index in [4.69, 9.17) is 0 Å². The quantitative estimate of drug-likeness (QED) is 0.723. The summed E-state index contributed by atoms with van der Waals surface area (Å²) in [6.45, 7) is 2.05. The average molecular weight is 279 g/mol. The maximum Gasteiger partial charge on any atom is 0.207 e. The molecule has 0 radical (unpaired) electrons. The molecule has 0 bridgehead atoms. The summed E-state index contributed by atoms with van der Waals surface area (Å²) in [5.41, 5.74) is 3.58. The van der Waals surface area contributed by atoms with Crippen LogP contribution < -0.4 is 0 Å². The van der Waals surface area contributed by atoms with Crippen LogP contribution in [0.1, 0.15) is 54.6 Å². The summed E-state index contributed by atoms with van der Waals surface area (Å²) in [4.78, 5) is 17.3. The van der Waals surface area contributed by atoms with Gasteiger partial charge in [-0.2, -0.15) is 0 Å². The number of rotatable bonds is 2. The number of Topliss-reactive ketones (excluding diaryl/α,β-unsaturated/α-hetero) is 1. The molecule has 0 atom stereocenters. The van der Waals surface area contributed by atoms with Gasteiger partial charge in [-0.05, 0) is 55.9 Å². The van der Waals surface area contributed by atoms with Crippen molar-refractivity contribution in [2.75, 3.05) is 0 Å². The molecule has 2 aromatic rings. The molecular weight excluding hydrogens is 258 g/mol. The standard InChI is InChI=1S/C19H21NO/c1-14-13-18(20-17-12-8-7-11-16(14)17)19(21)15-9-5-3-2-4-6-10-15/h7-9,11-13H,2-6,10H2,1H3/b15-9+. The van der Waals surface area contributed by atoms with Gasteiger partial charge < -0.3 is 0 Å². The number of aromatic nitrogens is 1. The number of aryl methyl sites for hydroxylation is 1. The summed E-state index contributed by atoms with van der Waals surface area (Å²) < 4.78 is 0. The molecule has 2 nitrogen and oxygen atoms in total. The molecule has 1 aliphatic carbocycles. The first-order valence-corrected chi connectivity index (χ1v) is 7.86. The number of fused-ring (bicyclic) bond motifs is 1. The van der Waals surface area contributed by atoms with Gasteiger partial charge in [0, 0.05) is 5.39 Å². The van der Waals surface area contributed by atoms with Crippen molar-refractivity contribution in [3.8, 4) is 0 Å². The maximum atomic E-state index is 12.7. The van der Waals surface area contributed by atoms with Gasteiger partial charge in [-0.1, -0.05) is 37.1 Å². The summed E-state index contributed by atoms with van der Waals surface area (Å²) in [5.74, 6) is 0.116. The third-order valence-corrected chi connectivity index (χ3v) is 4.24. The van der Waals surface area contributed by atoms with Crippen molar-refractivity contribution in [2.24, 2.45) is 0 Å². The highest BCUT2D eigenvalue weighted by atomic mass is 16.1. The van der Waals surface area contributed by atoms with E-state index >= 15 is 0 Å². The Bertz CT molecular complexity index is 700. The van der Waals surface area contributed by atoms with E-state index in [-0.39, 0.29) is 5.78 Å². The molecule has 3 rings (SSSR count). The van der Waals surface area contributed by atoms with Crippen LogP contribution in [-0.2, 0) is 0 Å². The predicted molar refractivity (Wildman–Crippen MR) is 86.6 cm³/mol. The molecule has 108 valence electrons. The summed E-state index contributed by atoms with van der Waals surface area (Å²) in [7, 11) is 0. The molecule has 1 aliphatic rings. The first kappa shape index (κ1) is 14.0. The van der Waals surface area contributed by atoms with Crippen LogP contribution in [0.5, 0.6) is 0 Å². The van der Waals surface area contributed by atoms with Crippen molar-refractivity contribution in [2.45, 2.75) is 45.4 Å². The Balaban J connectivity index is 1.97. The van der Waals surface area contributed by atoms with Crippen LogP contribution in [0.3, 0.4) is 0 Å². The molecular formula is C19H21NO. The number of hydrogen-bond acceptors (Lipinski definition) is 2. The van der Waals surface area contributed by atoms with Gasteiger partial charge in [-0.15, -0.1) is 0 Å². The Morgan fingerprint density at radius 2 is 1.90 bits per heavy atom. The van der Waals surface area contributed by atoms with E-state index in [2.05, 4.69) is 17.1 Å². The monoisotopic (exact) mass is 279 g/mol. The van der Waals surface area contributed by atoms with Crippen LogP contribution in [0.25, 0.3) is 10.9 Å². The molecule has 0 amide bonds. The molecule has 1 aromatic heterocycles. The van der Waals surface area contributed by atoms with Gasteiger partial charge >= 0.3 is 0 Å². The summed E-state index contributed by atoms with van der Waals surface area (Å²) in [5, 5.41) is 1.13. The van der Waals surface area contributed by atoms with Crippen molar-refractivity contribution < 1.29 is 4.79 Å². The van der Waals surface area contributed by atoms with Crippen LogP contribution in [0.4, 0.5) is 0 Å². The SMILES string of the molecule is Cc1cc(C(=O)/C2=C/CCCCCC2)nc2ccccc12. The average Bonchev–Trinajstić information content (AvgIpc) is 2.46. The van der Waals surface area contributed by atoms with Gasteiger partial charge in [-0.25, -0.2) is 4.98 Å². The molecule has 0 N–H and O–H groups in total. The Morgan fingerprint density at radius 3 is 2.81 bits per heavy atom. The van der Waals surface area contributed by atoms with Crippen LogP contribution in [-0.4, -0.2) is 10.8 Å². The molecule has 0 unspecified atom stereocenters. The van der Waals surface area contributed by atoms with Crippen molar-refractivity contribution in [1.82, 2.24) is 4.98 Å². The second-order valence-corrected chi connectivity index (χ2v) is 5.85. The lowest BCUT2D eigenvalue weighted by Crippen LogP contribution is -2.08. The van der Waals surface area contributed by atoms with Gasteiger partial charge in [0.1, 0.15) is 5.69 Å². The molecule has 0 saturated carbocycles. The summed E-state index contributed by atoms with van der Waals surface area (Å²) in [6, 6.07) is 9.95. The molecule has 0 aliphatic heterocycles. The number of allylic oxidation sites excluding steroid dienone is 2. The van der Waals surface area contributed by atoms with Crippen LogP contribution in [0.2, 0.25) is 0 Å². The molecule has 21 heavy (non-hydrogen) atoms. The zero-order chi connectivity index (χ0) is 14.7. The highest BCUT2D eigenvalue weighted by Gasteiger charge is 2.16. The summed E-state index contributed by atoms with van der Waals surface area (Å²) >= 11 is 0. The lowest BCUT2D eigenvalue weighted by molar-refractivity contribution is 0.102. The minimum Gasteiger partial charge on any atom is -0.287 e. The zero-order valence-electron chi connectivity index (χ0n) is 12.6. The molecule has 0 saturated heterocycles. The van der Waals surface area contributed by atoms with E-state index in [0.29, 0.717) is 5.69 Å². The fraction of sp³-hybridized carbons (Fsp3) is 0.368. The number of benzene rings is 1. The molecule has 1 aromatic carbocycles. The third-order valence-electron chi connectivity index (χ3n) is 4.24. The minimum absolute atomic E-state index is 0.116. The minimum atomic E-state index is 0.116. The van der Waals surface area contributed by atoms with E-state index in [1.54, 1.807) is 0 Å². The number of ketones is 1. The predicted octanol–water partition coefficient (Wildman–Crippen LogP) is 5.01. The number of carbonyl (C=O) groups is 1. The smallest absolute Gasteiger partial charge is 0.207 e. The van der Waals surface area contributed by atoms with Crippen molar-refractivity contribution in [3.05, 3.63) is 53.2 Å². The molecule has 0 fully saturated rings. The van der Waals surface area contributed by atoms with Gasteiger partial charge in [0.05, 0.1) is 5.52 Å². The van der Waals surface area contributed by atoms with Crippen LogP contribution in [0, 0.1) is 6.92 Å². The van der Waals surface area contributed by atoms with Gasteiger partial charge in [0.2, 0.25) is 5.78 Å². The van der Waals surface area contributed by atoms with Gasteiger partial charge in [0.25, 0.3) is 0 Å². The number of pyridine rings is 1. The lowest BCUT2D eigenvalue weighted by atomic mass is 9.95. The van der Waals surface area contributed by atoms with E-state index in [1.165, 1.54) is 19.3 Å². The number of nitrogens with zero attached hydrogens (tertiary/aromatic N) is 1. The molecule has 2 heteroatoms. The van der Waals surface area contributed by atoms with E-state index in [9.17, 15) is 4.79 Å². The molecule has 1 heterocycles. The Hall–Kier alpha value is -1.96. The Labute approximate surface area is 125 Å². The Morgan fingerprint density at radius 1 is 1.10 bits per heavy atom. The second-order valence-electron chi connectivity index (χ2n) is 5.85. The fourth-order valence-corrected chi connectivity index (χ4v) is 3.03. The van der Waals surface area contributed by atoms with Gasteiger partial charge in [0.15, 0.2) is 0 Å². The number of hydrogen-bond donors (Lipinski definition) is 0. The zero-order valence-corrected chi connectivity index (χ0v) is 12.6. The maximum absolute atomic E-state index is 12.7. The third kappa shape index (κ3) is 3.05. The highest BCUT2D eigenvalue weighted by molar-refractivity contribution is 6.08. The summed E-state index contributed by atoms with van der Waals surface area (Å²) in [6.07, 6.45) is 8.87. The van der Waals surface area contributed by atoms with Crippen molar-refractivity contribution in [3.63, 3.8) is 0 Å². The van der Waals surface area contributed by atoms with Crippen LogP contribution in [0.15, 0.2) is 42.0 Å². The Kier molecular flexibility index (Phi) is 4.14. The van der Waals surface area contributed by atoms with Crippen LogP contribution >= 0.6 is 0 Å². The van der Waals surface area contributed by atoms with Crippen molar-refractivity contribution >= 4 is 16.7 Å². The normalized spacial score (nSPS) is 18.6. The number of para-hydroxylation sites is 1. The topological polar surface area (TPSA) is 30.0 Å². The second kappa shape index (κ2) is 6.21. The van der Waals surface area contributed by atoms with Crippen molar-refractivity contribution in [1.29, 1.82) is 0 Å². The van der Waals surface area contributed by atoms with Gasteiger partial charge in [-0.3, -0.25) is 4.79 Å². The van der Waals surface area contributed by atoms with E-state index in [1.807, 2.05) is 31.2 Å². The highest BCUT2D eigenvalue weighted by Crippen LogP contribution is 2.23. The first-order valence-electron chi connectivity index (χ1n) is 7.86. The largest absolute Gasteiger partial charge is 0.287 e.